The zero-order valence-electron chi connectivity index (χ0n) is 10.5. The summed E-state index contributed by atoms with van der Waals surface area (Å²) >= 11 is 1.82. The molecule has 3 unspecified atom stereocenters. The summed E-state index contributed by atoms with van der Waals surface area (Å²) in [6.45, 7) is 3.82. The van der Waals surface area contributed by atoms with Crippen LogP contribution in [0.4, 0.5) is 0 Å². The second-order valence-corrected chi connectivity index (χ2v) is 5.35. The Bertz CT molecular complexity index is 315. The lowest BCUT2D eigenvalue weighted by Gasteiger charge is -2.43. The van der Waals surface area contributed by atoms with Crippen LogP contribution < -0.4 is 5.32 Å². The van der Waals surface area contributed by atoms with Crippen molar-refractivity contribution < 1.29 is 9.47 Å². The lowest BCUT2D eigenvalue weighted by atomic mass is 9.85. The van der Waals surface area contributed by atoms with E-state index in [1.54, 1.807) is 7.11 Å². The topological polar surface area (TPSA) is 30.5 Å². The second kappa shape index (κ2) is 6.50. The Hall–Kier alpha value is -0.420. The number of thiophene rings is 1. The Balaban J connectivity index is 1.66. The first kappa shape index (κ1) is 13.0. The molecule has 0 spiro atoms. The summed E-state index contributed by atoms with van der Waals surface area (Å²) in [7, 11) is 1.77. The molecule has 4 heteroatoms. The van der Waals surface area contributed by atoms with Gasteiger partial charge in [0.25, 0.3) is 0 Å². The summed E-state index contributed by atoms with van der Waals surface area (Å²) < 4.78 is 11.1. The van der Waals surface area contributed by atoms with Gasteiger partial charge in [0, 0.05) is 31.2 Å². The fourth-order valence-electron chi connectivity index (χ4n) is 2.31. The molecule has 0 aliphatic heterocycles. The molecule has 2 rings (SSSR count). The van der Waals surface area contributed by atoms with Gasteiger partial charge < -0.3 is 14.8 Å². The molecular formula is C13H21NO2S. The molecular weight excluding hydrogens is 234 g/mol. The van der Waals surface area contributed by atoms with Gasteiger partial charge in [0.2, 0.25) is 0 Å². The average molecular weight is 255 g/mol. The maximum absolute atomic E-state index is 5.60. The second-order valence-electron chi connectivity index (χ2n) is 4.32. The summed E-state index contributed by atoms with van der Waals surface area (Å²) in [4.78, 5) is 1.44. The molecule has 0 aromatic carbocycles. The SMILES string of the molecule is CCOC1CC(NCCc2cccs2)C1OC. The van der Waals surface area contributed by atoms with E-state index in [1.165, 1.54) is 4.88 Å². The predicted molar refractivity (Wildman–Crippen MR) is 70.6 cm³/mol. The van der Waals surface area contributed by atoms with Crippen LogP contribution in [0.5, 0.6) is 0 Å². The van der Waals surface area contributed by atoms with Gasteiger partial charge in [-0.1, -0.05) is 6.07 Å². The van der Waals surface area contributed by atoms with Crippen molar-refractivity contribution in [2.45, 2.75) is 38.0 Å². The van der Waals surface area contributed by atoms with Gasteiger partial charge in [0.15, 0.2) is 0 Å². The van der Waals surface area contributed by atoms with Gasteiger partial charge in [-0.15, -0.1) is 11.3 Å². The Morgan fingerprint density at radius 2 is 2.41 bits per heavy atom. The van der Waals surface area contributed by atoms with E-state index >= 15 is 0 Å². The van der Waals surface area contributed by atoms with Crippen LogP contribution in [0.15, 0.2) is 17.5 Å². The fourth-order valence-corrected chi connectivity index (χ4v) is 3.02. The molecule has 0 bridgehead atoms. The van der Waals surface area contributed by atoms with E-state index in [1.807, 2.05) is 18.3 Å². The molecule has 0 saturated heterocycles. The molecule has 1 aromatic heterocycles. The molecule has 1 aliphatic rings. The van der Waals surface area contributed by atoms with E-state index in [9.17, 15) is 0 Å². The zero-order chi connectivity index (χ0) is 12.1. The first-order chi connectivity index (χ1) is 8.35. The quantitative estimate of drug-likeness (QED) is 0.809. The van der Waals surface area contributed by atoms with Gasteiger partial charge >= 0.3 is 0 Å². The van der Waals surface area contributed by atoms with Gasteiger partial charge in [0.05, 0.1) is 12.2 Å². The van der Waals surface area contributed by atoms with Crippen LogP contribution in [-0.4, -0.2) is 38.5 Å². The minimum Gasteiger partial charge on any atom is -0.377 e. The highest BCUT2D eigenvalue weighted by atomic mass is 32.1. The molecule has 96 valence electrons. The van der Waals surface area contributed by atoms with E-state index in [2.05, 4.69) is 22.8 Å². The third kappa shape index (κ3) is 3.28. The van der Waals surface area contributed by atoms with Crippen LogP contribution in [0.1, 0.15) is 18.2 Å². The highest BCUT2D eigenvalue weighted by Gasteiger charge is 2.41. The minimum atomic E-state index is 0.221. The number of rotatable bonds is 7. The normalized spacial score (nSPS) is 28.0. The minimum absolute atomic E-state index is 0.221. The Labute approximate surface area is 107 Å². The molecule has 3 atom stereocenters. The van der Waals surface area contributed by atoms with Crippen LogP contribution in [0.25, 0.3) is 0 Å². The van der Waals surface area contributed by atoms with Gasteiger partial charge in [-0.25, -0.2) is 0 Å². The van der Waals surface area contributed by atoms with Crippen molar-refractivity contribution in [3.05, 3.63) is 22.4 Å². The number of nitrogens with one attached hydrogen (secondary N) is 1. The molecule has 1 fully saturated rings. The third-order valence-electron chi connectivity index (χ3n) is 3.26. The number of hydrogen-bond donors (Lipinski definition) is 1. The van der Waals surface area contributed by atoms with E-state index in [0.717, 1.165) is 26.0 Å². The van der Waals surface area contributed by atoms with Gasteiger partial charge in [-0.2, -0.15) is 0 Å². The molecule has 1 N–H and O–H groups in total. The molecule has 1 saturated carbocycles. The van der Waals surface area contributed by atoms with E-state index in [4.69, 9.17) is 9.47 Å². The van der Waals surface area contributed by atoms with Crippen molar-refractivity contribution in [1.29, 1.82) is 0 Å². The fraction of sp³-hybridized carbons (Fsp3) is 0.692. The number of hydrogen-bond acceptors (Lipinski definition) is 4. The van der Waals surface area contributed by atoms with Crippen molar-refractivity contribution in [2.75, 3.05) is 20.3 Å². The lowest BCUT2D eigenvalue weighted by Crippen LogP contribution is -2.60. The molecule has 1 aromatic rings. The van der Waals surface area contributed by atoms with E-state index in [-0.39, 0.29) is 12.2 Å². The summed E-state index contributed by atoms with van der Waals surface area (Å²) in [5, 5.41) is 5.68. The lowest BCUT2D eigenvalue weighted by molar-refractivity contribution is -0.131. The largest absolute Gasteiger partial charge is 0.377 e. The maximum Gasteiger partial charge on any atom is 0.0986 e. The number of methoxy groups -OCH3 is 1. The molecule has 0 amide bonds. The zero-order valence-corrected chi connectivity index (χ0v) is 11.3. The van der Waals surface area contributed by atoms with Gasteiger partial charge in [0.1, 0.15) is 0 Å². The highest BCUT2D eigenvalue weighted by molar-refractivity contribution is 7.09. The molecule has 0 radical (unpaired) electrons. The maximum atomic E-state index is 5.60. The molecule has 1 aliphatic carbocycles. The van der Waals surface area contributed by atoms with Crippen molar-refractivity contribution in [3.63, 3.8) is 0 Å². The van der Waals surface area contributed by atoms with Gasteiger partial charge in [-0.05, 0) is 31.2 Å². The van der Waals surface area contributed by atoms with Crippen molar-refractivity contribution >= 4 is 11.3 Å². The van der Waals surface area contributed by atoms with Crippen LogP contribution in [-0.2, 0) is 15.9 Å². The van der Waals surface area contributed by atoms with Crippen molar-refractivity contribution in [2.24, 2.45) is 0 Å². The van der Waals surface area contributed by atoms with Gasteiger partial charge in [-0.3, -0.25) is 0 Å². The number of ether oxygens (including phenoxy) is 2. The third-order valence-corrected chi connectivity index (χ3v) is 4.20. The summed E-state index contributed by atoms with van der Waals surface area (Å²) in [6, 6.07) is 4.74. The smallest absolute Gasteiger partial charge is 0.0986 e. The molecule has 1 heterocycles. The average Bonchev–Trinajstić information content (AvgIpc) is 2.80. The Morgan fingerprint density at radius 1 is 1.53 bits per heavy atom. The highest BCUT2D eigenvalue weighted by Crippen LogP contribution is 2.26. The monoisotopic (exact) mass is 255 g/mol. The van der Waals surface area contributed by atoms with Crippen LogP contribution in [0.3, 0.4) is 0 Å². The van der Waals surface area contributed by atoms with Crippen LogP contribution >= 0.6 is 11.3 Å². The van der Waals surface area contributed by atoms with Crippen molar-refractivity contribution in [3.8, 4) is 0 Å². The first-order valence-corrected chi connectivity index (χ1v) is 7.13. The van der Waals surface area contributed by atoms with Crippen molar-refractivity contribution in [1.82, 2.24) is 5.32 Å². The summed E-state index contributed by atoms with van der Waals surface area (Å²) in [6.07, 6.45) is 2.67. The molecule has 17 heavy (non-hydrogen) atoms. The Kier molecular flexibility index (Phi) is 4.98. The van der Waals surface area contributed by atoms with E-state index in [0.29, 0.717) is 6.04 Å². The summed E-state index contributed by atoms with van der Waals surface area (Å²) in [5.41, 5.74) is 0. The first-order valence-electron chi connectivity index (χ1n) is 6.25. The predicted octanol–water partition coefficient (Wildman–Crippen LogP) is 2.07. The van der Waals surface area contributed by atoms with Crippen LogP contribution in [0.2, 0.25) is 0 Å². The summed E-state index contributed by atoms with van der Waals surface area (Å²) in [5.74, 6) is 0. The molecule has 3 nitrogen and oxygen atoms in total. The van der Waals surface area contributed by atoms with Crippen LogP contribution in [0, 0.1) is 0 Å². The van der Waals surface area contributed by atoms with E-state index < -0.39 is 0 Å². The Morgan fingerprint density at radius 3 is 3.06 bits per heavy atom. The standard InChI is InChI=1S/C13H21NO2S/c1-3-16-12-9-11(13(12)15-2)14-7-6-10-5-4-8-17-10/h4-5,8,11-14H,3,6-7,9H2,1-2H3.